The number of benzene rings is 1. The average Bonchev–Trinajstić information content (AvgIpc) is 2.70. The maximum absolute atomic E-state index is 4.43. The Morgan fingerprint density at radius 1 is 1.15 bits per heavy atom. The van der Waals surface area contributed by atoms with Gasteiger partial charge in [-0.15, -0.1) is 0 Å². The van der Waals surface area contributed by atoms with Crippen LogP contribution in [0.2, 0.25) is 0 Å². The fraction of sp³-hybridized carbons (Fsp3) is 0.111. The first-order valence-corrected chi connectivity index (χ1v) is 5.50. The van der Waals surface area contributed by atoms with Crippen LogP contribution in [0.4, 0.5) is 0 Å². The normalized spacial score (nSPS) is 11.5. The Morgan fingerprint density at radius 3 is 3.00 bits per heavy atom. The Bertz CT molecular complexity index is 579. The second-order valence-electron chi connectivity index (χ2n) is 2.94. The lowest BCUT2D eigenvalue weighted by molar-refractivity contribution is 1.60. The maximum atomic E-state index is 4.43. The van der Waals surface area contributed by atoms with Gasteiger partial charge in [0.05, 0.1) is 16.4 Å². The summed E-state index contributed by atoms with van der Waals surface area (Å²) in [5.41, 5.74) is 1.11. The molecule has 0 fully saturated rings. The van der Waals surface area contributed by atoms with E-state index in [2.05, 4.69) is 27.8 Å². The highest BCUT2D eigenvalue weighted by Gasteiger charge is 2.06. The minimum absolute atomic E-state index is 1.11. The fourth-order valence-electron chi connectivity index (χ4n) is 1.48. The van der Waals surface area contributed by atoms with E-state index in [0.29, 0.717) is 0 Å². The van der Waals surface area contributed by atoms with E-state index >= 15 is 0 Å². The van der Waals surface area contributed by atoms with Gasteiger partial charge in [0.15, 0.2) is 0 Å². The van der Waals surface area contributed by atoms with E-state index < -0.39 is 0 Å². The number of aromatic nitrogens is 2. The lowest BCUT2D eigenvalue weighted by Gasteiger charge is -1.89. The van der Waals surface area contributed by atoms with Crippen molar-refractivity contribution in [1.82, 2.24) is 8.75 Å². The van der Waals surface area contributed by atoms with Gasteiger partial charge in [-0.2, -0.15) is 8.75 Å². The molecule has 2 aromatic heterocycles. The van der Waals surface area contributed by atoms with Crippen LogP contribution in [0.15, 0.2) is 18.3 Å². The summed E-state index contributed by atoms with van der Waals surface area (Å²) in [7, 11) is 0. The Kier molecular flexibility index (Phi) is 1.42. The first-order chi connectivity index (χ1) is 6.36. The smallest absolute Gasteiger partial charge is 0.0946 e. The van der Waals surface area contributed by atoms with Gasteiger partial charge in [-0.25, -0.2) is 0 Å². The van der Waals surface area contributed by atoms with Gasteiger partial charge in [-0.1, -0.05) is 6.07 Å². The van der Waals surface area contributed by atoms with E-state index in [-0.39, 0.29) is 0 Å². The predicted molar refractivity (Wildman–Crippen MR) is 57.5 cm³/mol. The summed E-state index contributed by atoms with van der Waals surface area (Å²) in [5.74, 6) is 0. The van der Waals surface area contributed by atoms with Crippen LogP contribution in [0, 0.1) is 6.92 Å². The van der Waals surface area contributed by atoms with Crippen LogP contribution >= 0.6 is 23.1 Å². The van der Waals surface area contributed by atoms with E-state index in [1.807, 2.05) is 6.20 Å². The Balaban J connectivity index is 2.66. The summed E-state index contributed by atoms with van der Waals surface area (Å²) in [6.07, 6.45) is 1.90. The first-order valence-electron chi connectivity index (χ1n) is 3.95. The quantitative estimate of drug-likeness (QED) is 0.564. The molecule has 2 heterocycles. The largest absolute Gasteiger partial charge is 0.200 e. The highest BCUT2D eigenvalue weighted by molar-refractivity contribution is 7.13. The molecule has 3 rings (SSSR count). The van der Waals surface area contributed by atoms with E-state index in [1.165, 1.54) is 31.9 Å². The number of aryl methyl sites for hydroxylation is 1. The monoisotopic (exact) mass is 206 g/mol. The summed E-state index contributed by atoms with van der Waals surface area (Å²) in [5, 5.41) is 2.45. The second-order valence-corrected chi connectivity index (χ2v) is 4.75. The minimum Gasteiger partial charge on any atom is -0.200 e. The van der Waals surface area contributed by atoms with Crippen molar-refractivity contribution in [2.75, 3.05) is 0 Å². The van der Waals surface area contributed by atoms with E-state index in [4.69, 9.17) is 0 Å². The van der Waals surface area contributed by atoms with Crippen LogP contribution in [0.3, 0.4) is 0 Å². The van der Waals surface area contributed by atoms with Crippen LogP contribution in [0.25, 0.3) is 21.0 Å². The third-order valence-electron chi connectivity index (χ3n) is 2.16. The average molecular weight is 206 g/mol. The van der Waals surface area contributed by atoms with Gasteiger partial charge in [0, 0.05) is 15.6 Å². The van der Waals surface area contributed by atoms with Gasteiger partial charge in [0.25, 0.3) is 0 Å². The van der Waals surface area contributed by atoms with Gasteiger partial charge in [-0.3, -0.25) is 0 Å². The van der Waals surface area contributed by atoms with Crippen LogP contribution in [-0.4, -0.2) is 8.75 Å². The summed E-state index contributed by atoms with van der Waals surface area (Å²) in [4.78, 5) is 1.28. The minimum atomic E-state index is 1.11. The zero-order chi connectivity index (χ0) is 8.84. The van der Waals surface area contributed by atoms with Crippen LogP contribution < -0.4 is 0 Å². The molecule has 13 heavy (non-hydrogen) atoms. The summed E-state index contributed by atoms with van der Waals surface area (Å²) in [6, 6.07) is 4.26. The van der Waals surface area contributed by atoms with Crippen molar-refractivity contribution in [3.05, 3.63) is 23.2 Å². The van der Waals surface area contributed by atoms with Crippen molar-refractivity contribution in [3.8, 4) is 0 Å². The molecular formula is C9H6N2S2. The number of hydrogen-bond donors (Lipinski definition) is 0. The third kappa shape index (κ3) is 0.927. The predicted octanol–water partition coefficient (Wildman–Crippen LogP) is 3.21. The topological polar surface area (TPSA) is 25.8 Å². The Labute approximate surface area is 83.2 Å². The van der Waals surface area contributed by atoms with Gasteiger partial charge < -0.3 is 0 Å². The van der Waals surface area contributed by atoms with Gasteiger partial charge in [0.2, 0.25) is 0 Å². The molecule has 0 atom stereocenters. The second kappa shape index (κ2) is 2.49. The molecule has 0 saturated heterocycles. The van der Waals surface area contributed by atoms with E-state index in [0.717, 1.165) is 5.52 Å². The van der Waals surface area contributed by atoms with Gasteiger partial charge >= 0.3 is 0 Å². The van der Waals surface area contributed by atoms with Crippen LogP contribution in [-0.2, 0) is 0 Å². The number of rotatable bonds is 0. The Morgan fingerprint density at radius 2 is 2.08 bits per heavy atom. The molecule has 0 aliphatic rings. The van der Waals surface area contributed by atoms with Gasteiger partial charge in [-0.05, 0) is 36.1 Å². The summed E-state index contributed by atoms with van der Waals surface area (Å²) >= 11 is 3.09. The SMILES string of the molecule is Cc1snc2c1ccc1sncc12. The van der Waals surface area contributed by atoms with Crippen LogP contribution in [0.5, 0.6) is 0 Å². The molecule has 1 aromatic carbocycles. The lowest BCUT2D eigenvalue weighted by atomic mass is 10.2. The van der Waals surface area contributed by atoms with Crippen molar-refractivity contribution in [2.45, 2.75) is 6.92 Å². The number of hydrogen-bond acceptors (Lipinski definition) is 4. The fourth-order valence-corrected chi connectivity index (χ4v) is 2.81. The molecule has 0 bridgehead atoms. The molecule has 0 radical (unpaired) electrons. The third-order valence-corrected chi connectivity index (χ3v) is 3.69. The molecule has 0 aliphatic carbocycles. The standard InChI is InChI=1S/C9H6N2S2/c1-5-6-2-3-8-7(4-10-13-8)9(6)11-12-5/h2-4H,1H3. The molecule has 2 nitrogen and oxygen atoms in total. The molecular weight excluding hydrogens is 200 g/mol. The Hall–Kier alpha value is -1.00. The molecule has 0 amide bonds. The summed E-state index contributed by atoms with van der Waals surface area (Å²) in [6.45, 7) is 2.10. The molecule has 0 saturated carbocycles. The van der Waals surface area contributed by atoms with Crippen molar-refractivity contribution in [1.29, 1.82) is 0 Å². The summed E-state index contributed by atoms with van der Waals surface area (Å²) < 4.78 is 9.81. The van der Waals surface area contributed by atoms with Crippen molar-refractivity contribution < 1.29 is 0 Å². The molecule has 0 N–H and O–H groups in total. The molecule has 0 spiro atoms. The molecule has 3 aromatic rings. The zero-order valence-electron chi connectivity index (χ0n) is 6.94. The van der Waals surface area contributed by atoms with Crippen molar-refractivity contribution >= 4 is 44.1 Å². The molecule has 0 aliphatic heterocycles. The maximum Gasteiger partial charge on any atom is 0.0946 e. The number of nitrogens with zero attached hydrogens (tertiary/aromatic N) is 2. The highest BCUT2D eigenvalue weighted by atomic mass is 32.1. The molecule has 0 unspecified atom stereocenters. The van der Waals surface area contributed by atoms with E-state index in [1.54, 1.807) is 11.5 Å². The number of fused-ring (bicyclic) bond motifs is 3. The molecule has 64 valence electrons. The zero-order valence-corrected chi connectivity index (χ0v) is 8.58. The van der Waals surface area contributed by atoms with Crippen molar-refractivity contribution in [3.63, 3.8) is 0 Å². The molecule has 4 heteroatoms. The van der Waals surface area contributed by atoms with Crippen LogP contribution in [0.1, 0.15) is 4.88 Å². The first kappa shape index (κ1) is 7.41. The highest BCUT2D eigenvalue weighted by Crippen LogP contribution is 2.30. The van der Waals surface area contributed by atoms with E-state index in [9.17, 15) is 0 Å². The lowest BCUT2D eigenvalue weighted by Crippen LogP contribution is -1.69. The van der Waals surface area contributed by atoms with Gasteiger partial charge in [0.1, 0.15) is 0 Å². The van der Waals surface area contributed by atoms with Crippen molar-refractivity contribution in [2.24, 2.45) is 0 Å².